The molecule has 3 aromatic rings. The zero-order valence-electron chi connectivity index (χ0n) is 23.2. The van der Waals surface area contributed by atoms with Crippen molar-refractivity contribution in [2.24, 2.45) is 0 Å². The summed E-state index contributed by atoms with van der Waals surface area (Å²) in [6.45, 7) is 23.6. The van der Waals surface area contributed by atoms with E-state index in [1.807, 2.05) is 12.1 Å². The van der Waals surface area contributed by atoms with Crippen molar-refractivity contribution >= 4 is 50.8 Å². The molecule has 0 bridgehead atoms. The molecule has 0 amide bonds. The molecular formula is C28H43BO4Si2. The van der Waals surface area contributed by atoms with Crippen molar-refractivity contribution in [1.29, 1.82) is 0 Å². The van der Waals surface area contributed by atoms with Crippen molar-refractivity contribution in [2.75, 3.05) is 0 Å². The molecule has 4 nitrogen and oxygen atoms in total. The fourth-order valence-corrected chi connectivity index (χ4v) is 5.66. The highest BCUT2D eigenvalue weighted by Crippen LogP contribution is 2.41. The van der Waals surface area contributed by atoms with Gasteiger partial charge in [0.05, 0.1) is 13.2 Å². The summed E-state index contributed by atoms with van der Waals surface area (Å²) in [5.74, 6) is 0. The molecule has 3 rings (SSSR count). The van der Waals surface area contributed by atoms with E-state index >= 15 is 0 Å². The Kier molecular flexibility index (Phi) is 7.84. The lowest BCUT2D eigenvalue weighted by molar-refractivity contribution is 0.277. The van der Waals surface area contributed by atoms with E-state index in [4.69, 9.17) is 8.85 Å². The van der Waals surface area contributed by atoms with Crippen LogP contribution in [0.15, 0.2) is 42.5 Å². The average Bonchev–Trinajstić information content (AvgIpc) is 2.73. The van der Waals surface area contributed by atoms with Gasteiger partial charge in [0, 0.05) is 0 Å². The second kappa shape index (κ2) is 9.76. The van der Waals surface area contributed by atoms with Gasteiger partial charge in [0.25, 0.3) is 0 Å². The molecule has 190 valence electrons. The SMILES string of the molecule is CC(C)(C)[Si](C)(C)OCc1c2ccccc2c(CO[Si](C)(C)C(C)(C)C)c2cc(B(O)O)ccc12. The molecular weight excluding hydrogens is 467 g/mol. The fraction of sp³-hybridized carbons (Fsp3) is 0.500. The van der Waals surface area contributed by atoms with Gasteiger partial charge in [0.2, 0.25) is 0 Å². The van der Waals surface area contributed by atoms with Crippen LogP contribution in [0.25, 0.3) is 21.5 Å². The van der Waals surface area contributed by atoms with Gasteiger partial charge in [-0.2, -0.15) is 0 Å². The second-order valence-corrected chi connectivity index (χ2v) is 22.4. The summed E-state index contributed by atoms with van der Waals surface area (Å²) in [6, 6.07) is 14.2. The number of benzene rings is 3. The smallest absolute Gasteiger partial charge is 0.423 e. The zero-order chi connectivity index (χ0) is 26.4. The van der Waals surface area contributed by atoms with Gasteiger partial charge in [-0.3, -0.25) is 0 Å². The molecule has 0 aliphatic rings. The van der Waals surface area contributed by atoms with Gasteiger partial charge >= 0.3 is 7.12 Å². The maximum atomic E-state index is 9.93. The molecule has 0 unspecified atom stereocenters. The largest absolute Gasteiger partial charge is 0.488 e. The Bertz CT molecular complexity index is 1210. The van der Waals surface area contributed by atoms with Crippen molar-refractivity contribution in [1.82, 2.24) is 0 Å². The monoisotopic (exact) mass is 510 g/mol. The summed E-state index contributed by atoms with van der Waals surface area (Å²) in [5.41, 5.74) is 2.73. The summed E-state index contributed by atoms with van der Waals surface area (Å²) in [5, 5.41) is 24.5. The summed E-state index contributed by atoms with van der Waals surface area (Å²) >= 11 is 0. The molecule has 0 radical (unpaired) electrons. The Hall–Kier alpha value is -1.48. The zero-order valence-corrected chi connectivity index (χ0v) is 25.2. The first kappa shape index (κ1) is 28.1. The van der Waals surface area contributed by atoms with Crippen molar-refractivity contribution in [3.05, 3.63) is 53.6 Å². The highest BCUT2D eigenvalue weighted by Gasteiger charge is 2.38. The lowest BCUT2D eigenvalue weighted by Crippen LogP contribution is -2.40. The number of fused-ring (bicyclic) bond motifs is 2. The Morgan fingerprint density at radius 2 is 1.06 bits per heavy atom. The number of hydrogen-bond acceptors (Lipinski definition) is 4. The standard InChI is InChI=1S/C28H43BO4Si2/c1-27(2,3)34(7,8)32-18-25-21-13-11-12-14-22(21)26(19-33-35(9,10)28(4,5)6)24-17-20(29(30)31)15-16-23(24)25/h11-17,30-31H,18-19H2,1-10H3. The second-order valence-electron chi connectivity index (χ2n) is 12.8. The van der Waals surface area contributed by atoms with Gasteiger partial charge in [-0.1, -0.05) is 84.0 Å². The van der Waals surface area contributed by atoms with E-state index in [9.17, 15) is 10.0 Å². The first-order valence-corrected chi connectivity index (χ1v) is 18.4. The molecule has 2 N–H and O–H groups in total. The predicted octanol–water partition coefficient (Wildman–Crippen LogP) is 6.72. The topological polar surface area (TPSA) is 58.9 Å². The van der Waals surface area contributed by atoms with E-state index in [1.165, 1.54) is 5.39 Å². The molecule has 3 aromatic carbocycles. The molecule has 0 aromatic heterocycles. The van der Waals surface area contributed by atoms with Crippen molar-refractivity contribution in [2.45, 2.75) is 91.0 Å². The molecule has 35 heavy (non-hydrogen) atoms. The van der Waals surface area contributed by atoms with Crippen LogP contribution in [0.4, 0.5) is 0 Å². The average molecular weight is 511 g/mol. The van der Waals surface area contributed by atoms with Crippen LogP contribution in [0, 0.1) is 0 Å². The predicted molar refractivity (Wildman–Crippen MR) is 155 cm³/mol. The van der Waals surface area contributed by atoms with Crippen molar-refractivity contribution < 1.29 is 18.9 Å². The lowest BCUT2D eigenvalue weighted by Gasteiger charge is -2.37. The van der Waals surface area contributed by atoms with E-state index in [-0.39, 0.29) is 10.1 Å². The Morgan fingerprint density at radius 1 is 0.657 bits per heavy atom. The molecule has 0 aliphatic carbocycles. The summed E-state index contributed by atoms with van der Waals surface area (Å²) in [4.78, 5) is 0. The van der Waals surface area contributed by atoms with Gasteiger partial charge < -0.3 is 18.9 Å². The molecule has 0 aliphatic heterocycles. The highest BCUT2D eigenvalue weighted by molar-refractivity contribution is 6.74. The molecule has 0 spiro atoms. The minimum atomic E-state index is -1.99. The fourth-order valence-electron chi connectivity index (χ4n) is 3.78. The van der Waals surface area contributed by atoms with Crippen LogP contribution < -0.4 is 5.46 Å². The van der Waals surface area contributed by atoms with Gasteiger partial charge in [0.1, 0.15) is 0 Å². The van der Waals surface area contributed by atoms with Crippen LogP contribution >= 0.6 is 0 Å². The number of hydrogen-bond donors (Lipinski definition) is 2. The van der Waals surface area contributed by atoms with Crippen molar-refractivity contribution in [3.63, 3.8) is 0 Å². The van der Waals surface area contributed by atoms with Crippen molar-refractivity contribution in [3.8, 4) is 0 Å². The van der Waals surface area contributed by atoms with E-state index in [0.717, 1.165) is 27.3 Å². The van der Waals surface area contributed by atoms with Gasteiger partial charge in [-0.25, -0.2) is 0 Å². The quantitative estimate of drug-likeness (QED) is 0.274. The normalized spacial score (nSPS) is 13.6. The van der Waals surface area contributed by atoms with Crippen LogP contribution in [0.1, 0.15) is 52.7 Å². The van der Waals surface area contributed by atoms with E-state index in [0.29, 0.717) is 18.7 Å². The third-order valence-corrected chi connectivity index (χ3v) is 17.3. The maximum Gasteiger partial charge on any atom is 0.488 e. The van der Waals surface area contributed by atoms with Crippen LogP contribution in [0.5, 0.6) is 0 Å². The third-order valence-electron chi connectivity index (χ3n) is 8.34. The molecule has 0 fully saturated rings. The van der Waals surface area contributed by atoms with E-state index in [1.54, 1.807) is 6.07 Å². The molecule has 0 heterocycles. The van der Waals surface area contributed by atoms with Crippen LogP contribution in [0.3, 0.4) is 0 Å². The van der Waals surface area contributed by atoms with E-state index in [2.05, 4.69) is 92.0 Å². The summed E-state index contributed by atoms with van der Waals surface area (Å²) < 4.78 is 13.4. The molecule has 7 heteroatoms. The highest BCUT2D eigenvalue weighted by atomic mass is 28.4. The first-order valence-electron chi connectivity index (χ1n) is 12.6. The Labute approximate surface area is 214 Å². The summed E-state index contributed by atoms with van der Waals surface area (Å²) in [6.07, 6.45) is 0. The lowest BCUT2D eigenvalue weighted by atomic mass is 9.78. The molecule has 0 saturated carbocycles. The molecule has 0 atom stereocenters. The van der Waals surface area contributed by atoms with Crippen LogP contribution in [-0.2, 0) is 22.1 Å². The Morgan fingerprint density at radius 3 is 1.46 bits per heavy atom. The van der Waals surface area contributed by atoms with Gasteiger partial charge in [-0.15, -0.1) is 0 Å². The van der Waals surface area contributed by atoms with Gasteiger partial charge in [0.15, 0.2) is 16.6 Å². The summed E-state index contributed by atoms with van der Waals surface area (Å²) in [7, 11) is -5.48. The third kappa shape index (κ3) is 5.76. The first-order chi connectivity index (χ1) is 16.0. The van der Waals surface area contributed by atoms with Gasteiger partial charge in [-0.05, 0) is 74.4 Å². The van der Waals surface area contributed by atoms with Crippen LogP contribution in [-0.4, -0.2) is 33.8 Å². The molecule has 0 saturated heterocycles. The maximum absolute atomic E-state index is 9.93. The minimum Gasteiger partial charge on any atom is -0.423 e. The Balaban J connectivity index is 2.23. The van der Waals surface area contributed by atoms with E-state index < -0.39 is 23.8 Å². The number of rotatable bonds is 7. The minimum absolute atomic E-state index is 0.0992. The van der Waals surface area contributed by atoms with Crippen LogP contribution in [0.2, 0.25) is 36.3 Å².